The SMILES string of the molecule is CCCC1NC(C)(CC)C(=O)N1CC1CCCC1C. The van der Waals surface area contributed by atoms with Gasteiger partial charge in [-0.25, -0.2) is 0 Å². The second-order valence-electron chi connectivity index (χ2n) is 6.76. The Bertz CT molecular complexity index is 331. The maximum Gasteiger partial charge on any atom is 0.243 e. The third-order valence-electron chi connectivity index (χ3n) is 5.33. The summed E-state index contributed by atoms with van der Waals surface area (Å²) < 4.78 is 0. The molecule has 4 atom stereocenters. The van der Waals surface area contributed by atoms with Gasteiger partial charge < -0.3 is 4.90 Å². The minimum Gasteiger partial charge on any atom is -0.325 e. The molecular weight excluding hydrogens is 236 g/mol. The molecule has 3 heteroatoms. The molecule has 1 amide bonds. The van der Waals surface area contributed by atoms with E-state index in [4.69, 9.17) is 0 Å². The van der Waals surface area contributed by atoms with Crippen molar-refractivity contribution in [2.75, 3.05) is 6.54 Å². The van der Waals surface area contributed by atoms with Crippen LogP contribution >= 0.6 is 0 Å². The lowest BCUT2D eigenvalue weighted by atomic mass is 9.96. The van der Waals surface area contributed by atoms with E-state index in [1.807, 2.05) is 0 Å². The van der Waals surface area contributed by atoms with Crippen molar-refractivity contribution in [3.8, 4) is 0 Å². The summed E-state index contributed by atoms with van der Waals surface area (Å²) in [6.07, 6.45) is 7.31. The van der Waals surface area contributed by atoms with E-state index in [1.165, 1.54) is 19.3 Å². The molecule has 0 aromatic heterocycles. The lowest BCUT2D eigenvalue weighted by Crippen LogP contribution is -2.43. The van der Waals surface area contributed by atoms with Crippen LogP contribution in [0.4, 0.5) is 0 Å². The second-order valence-corrected chi connectivity index (χ2v) is 6.76. The third-order valence-corrected chi connectivity index (χ3v) is 5.33. The Labute approximate surface area is 118 Å². The molecule has 110 valence electrons. The van der Waals surface area contributed by atoms with Gasteiger partial charge in [-0.1, -0.05) is 40.0 Å². The first kappa shape index (κ1) is 14.8. The number of nitrogens with one attached hydrogen (secondary N) is 1. The zero-order valence-corrected chi connectivity index (χ0v) is 13.0. The van der Waals surface area contributed by atoms with E-state index in [0.29, 0.717) is 11.8 Å². The molecule has 2 aliphatic rings. The highest BCUT2D eigenvalue weighted by molar-refractivity contribution is 5.88. The Kier molecular flexibility index (Phi) is 4.54. The first-order valence-electron chi connectivity index (χ1n) is 8.10. The van der Waals surface area contributed by atoms with E-state index in [-0.39, 0.29) is 11.7 Å². The number of nitrogens with zero attached hydrogens (tertiary/aromatic N) is 1. The Morgan fingerprint density at radius 2 is 2.11 bits per heavy atom. The van der Waals surface area contributed by atoms with E-state index in [1.54, 1.807) is 0 Å². The van der Waals surface area contributed by atoms with Gasteiger partial charge in [0, 0.05) is 6.54 Å². The smallest absolute Gasteiger partial charge is 0.243 e. The first-order chi connectivity index (χ1) is 9.01. The molecule has 1 N–H and O–H groups in total. The molecular formula is C16H30N2O. The molecule has 0 radical (unpaired) electrons. The van der Waals surface area contributed by atoms with Gasteiger partial charge in [0.15, 0.2) is 0 Å². The van der Waals surface area contributed by atoms with Crippen molar-refractivity contribution in [2.24, 2.45) is 11.8 Å². The van der Waals surface area contributed by atoms with Crippen molar-refractivity contribution in [3.63, 3.8) is 0 Å². The lowest BCUT2D eigenvalue weighted by Gasteiger charge is -2.28. The van der Waals surface area contributed by atoms with Gasteiger partial charge in [0.05, 0.1) is 11.7 Å². The van der Waals surface area contributed by atoms with E-state index in [2.05, 4.69) is 37.9 Å². The number of carbonyl (C=O) groups is 1. The van der Waals surface area contributed by atoms with Crippen LogP contribution in [0.15, 0.2) is 0 Å². The van der Waals surface area contributed by atoms with Gasteiger partial charge in [-0.05, 0) is 38.0 Å². The summed E-state index contributed by atoms with van der Waals surface area (Å²) in [4.78, 5) is 14.9. The Balaban J connectivity index is 2.08. The van der Waals surface area contributed by atoms with Crippen LogP contribution in [-0.2, 0) is 4.79 Å². The quantitative estimate of drug-likeness (QED) is 0.829. The molecule has 4 unspecified atom stereocenters. The predicted octanol–water partition coefficient (Wildman–Crippen LogP) is 3.15. The number of amides is 1. The van der Waals surface area contributed by atoms with E-state index in [0.717, 1.165) is 31.7 Å². The number of rotatable bonds is 5. The van der Waals surface area contributed by atoms with Gasteiger partial charge in [-0.15, -0.1) is 0 Å². The van der Waals surface area contributed by atoms with Crippen molar-refractivity contribution in [3.05, 3.63) is 0 Å². The van der Waals surface area contributed by atoms with Gasteiger partial charge in [-0.2, -0.15) is 0 Å². The summed E-state index contributed by atoms with van der Waals surface area (Å²) in [5.74, 6) is 1.82. The van der Waals surface area contributed by atoms with Crippen LogP contribution in [0.5, 0.6) is 0 Å². The Hall–Kier alpha value is -0.570. The van der Waals surface area contributed by atoms with Crippen molar-refractivity contribution >= 4 is 5.91 Å². The van der Waals surface area contributed by atoms with Crippen LogP contribution < -0.4 is 5.32 Å². The molecule has 2 rings (SSSR count). The number of hydrogen-bond donors (Lipinski definition) is 1. The van der Waals surface area contributed by atoms with E-state index >= 15 is 0 Å². The molecule has 0 aromatic carbocycles. The van der Waals surface area contributed by atoms with Crippen LogP contribution in [0.2, 0.25) is 0 Å². The number of hydrogen-bond acceptors (Lipinski definition) is 2. The fraction of sp³-hybridized carbons (Fsp3) is 0.938. The van der Waals surface area contributed by atoms with Crippen molar-refractivity contribution in [1.82, 2.24) is 10.2 Å². The minimum absolute atomic E-state index is 0.259. The van der Waals surface area contributed by atoms with Gasteiger partial charge >= 0.3 is 0 Å². The molecule has 1 saturated heterocycles. The van der Waals surface area contributed by atoms with Crippen molar-refractivity contribution < 1.29 is 4.79 Å². The summed E-state index contributed by atoms with van der Waals surface area (Å²) in [5.41, 5.74) is -0.332. The molecule has 2 fully saturated rings. The maximum absolute atomic E-state index is 12.7. The van der Waals surface area contributed by atoms with Gasteiger partial charge in [-0.3, -0.25) is 10.1 Å². The third kappa shape index (κ3) is 2.81. The fourth-order valence-electron chi connectivity index (χ4n) is 3.68. The highest BCUT2D eigenvalue weighted by Crippen LogP contribution is 2.34. The average molecular weight is 266 g/mol. The zero-order valence-electron chi connectivity index (χ0n) is 13.0. The lowest BCUT2D eigenvalue weighted by molar-refractivity contribution is -0.133. The number of carbonyl (C=O) groups excluding carboxylic acids is 1. The molecule has 0 bridgehead atoms. The summed E-state index contributed by atoms with van der Waals surface area (Å²) in [6.45, 7) is 9.68. The molecule has 3 nitrogen and oxygen atoms in total. The van der Waals surface area contributed by atoms with Crippen LogP contribution in [0.25, 0.3) is 0 Å². The first-order valence-corrected chi connectivity index (χ1v) is 8.10. The van der Waals surface area contributed by atoms with Gasteiger partial charge in [0.1, 0.15) is 0 Å². The second kappa shape index (κ2) is 5.82. The van der Waals surface area contributed by atoms with Crippen LogP contribution in [0, 0.1) is 11.8 Å². The van der Waals surface area contributed by atoms with Gasteiger partial charge in [0.25, 0.3) is 0 Å². The molecule has 1 aliphatic heterocycles. The fourth-order valence-corrected chi connectivity index (χ4v) is 3.68. The van der Waals surface area contributed by atoms with E-state index in [9.17, 15) is 4.79 Å². The largest absolute Gasteiger partial charge is 0.325 e. The van der Waals surface area contributed by atoms with Crippen LogP contribution in [0.1, 0.15) is 66.2 Å². The maximum atomic E-state index is 12.7. The standard InChI is InChI=1S/C16H30N2O/c1-5-8-14-17-16(4,6-2)15(19)18(14)11-13-10-7-9-12(13)3/h12-14,17H,5-11H2,1-4H3. The van der Waals surface area contributed by atoms with Crippen LogP contribution in [0.3, 0.4) is 0 Å². The highest BCUT2D eigenvalue weighted by Gasteiger charge is 2.47. The molecule has 0 aromatic rings. The zero-order chi connectivity index (χ0) is 14.0. The van der Waals surface area contributed by atoms with Crippen LogP contribution in [-0.4, -0.2) is 29.1 Å². The summed E-state index contributed by atoms with van der Waals surface area (Å²) in [7, 11) is 0. The predicted molar refractivity (Wildman–Crippen MR) is 78.7 cm³/mol. The molecule has 1 saturated carbocycles. The van der Waals surface area contributed by atoms with Crippen molar-refractivity contribution in [2.45, 2.75) is 77.9 Å². The topological polar surface area (TPSA) is 32.3 Å². The molecule has 0 spiro atoms. The highest BCUT2D eigenvalue weighted by atomic mass is 16.2. The monoisotopic (exact) mass is 266 g/mol. The summed E-state index contributed by atoms with van der Waals surface area (Å²) in [6, 6.07) is 0. The summed E-state index contributed by atoms with van der Waals surface area (Å²) in [5, 5.41) is 3.58. The Morgan fingerprint density at radius 3 is 2.63 bits per heavy atom. The normalized spacial score (nSPS) is 39.3. The molecule has 19 heavy (non-hydrogen) atoms. The van der Waals surface area contributed by atoms with E-state index < -0.39 is 0 Å². The average Bonchev–Trinajstić information content (AvgIpc) is 2.88. The minimum atomic E-state index is -0.332. The summed E-state index contributed by atoms with van der Waals surface area (Å²) >= 11 is 0. The Morgan fingerprint density at radius 1 is 1.37 bits per heavy atom. The van der Waals surface area contributed by atoms with Gasteiger partial charge in [0.2, 0.25) is 5.91 Å². The van der Waals surface area contributed by atoms with Crippen molar-refractivity contribution in [1.29, 1.82) is 0 Å². The molecule has 1 aliphatic carbocycles. The molecule has 1 heterocycles.